The molecule has 5 nitrogen and oxygen atoms in total. The van der Waals surface area contributed by atoms with Crippen molar-refractivity contribution in [1.29, 1.82) is 0 Å². The number of aliphatic hydroxyl groups is 1. The molecule has 1 N–H and O–H groups in total. The van der Waals surface area contributed by atoms with Crippen molar-refractivity contribution in [1.82, 2.24) is 19.3 Å². The SMILES string of the molecule is CCn1cc(C(O)c2cncn2C(C)C)cn1. The predicted octanol–water partition coefficient (Wildman–Crippen LogP) is 1.76. The molecule has 1 atom stereocenters. The summed E-state index contributed by atoms with van der Waals surface area (Å²) >= 11 is 0. The van der Waals surface area contributed by atoms with Crippen molar-refractivity contribution >= 4 is 0 Å². The lowest BCUT2D eigenvalue weighted by molar-refractivity contribution is 0.208. The Morgan fingerprint density at radius 3 is 2.71 bits per heavy atom. The molecular weight excluding hydrogens is 216 g/mol. The van der Waals surface area contributed by atoms with Gasteiger partial charge in [-0.15, -0.1) is 0 Å². The van der Waals surface area contributed by atoms with Crippen molar-refractivity contribution in [3.8, 4) is 0 Å². The van der Waals surface area contributed by atoms with Gasteiger partial charge < -0.3 is 9.67 Å². The van der Waals surface area contributed by atoms with Gasteiger partial charge in [-0.3, -0.25) is 4.68 Å². The van der Waals surface area contributed by atoms with Gasteiger partial charge in [-0.2, -0.15) is 5.10 Å². The normalized spacial score (nSPS) is 13.2. The van der Waals surface area contributed by atoms with Crippen molar-refractivity contribution in [2.24, 2.45) is 0 Å². The third-order valence-electron chi connectivity index (χ3n) is 2.83. The highest BCUT2D eigenvalue weighted by Crippen LogP contribution is 2.23. The minimum Gasteiger partial charge on any atom is -0.382 e. The van der Waals surface area contributed by atoms with E-state index in [-0.39, 0.29) is 6.04 Å². The van der Waals surface area contributed by atoms with E-state index in [9.17, 15) is 5.11 Å². The number of aromatic nitrogens is 4. The van der Waals surface area contributed by atoms with Crippen LogP contribution in [0.15, 0.2) is 24.9 Å². The fourth-order valence-corrected chi connectivity index (χ4v) is 1.82. The summed E-state index contributed by atoms with van der Waals surface area (Å²) in [5.41, 5.74) is 1.60. The van der Waals surface area contributed by atoms with E-state index in [1.165, 1.54) is 0 Å². The van der Waals surface area contributed by atoms with Gasteiger partial charge in [-0.25, -0.2) is 4.98 Å². The zero-order valence-electron chi connectivity index (χ0n) is 10.4. The van der Waals surface area contributed by atoms with E-state index in [4.69, 9.17) is 0 Å². The fraction of sp³-hybridized carbons (Fsp3) is 0.500. The minimum atomic E-state index is -0.666. The standard InChI is InChI=1S/C12H18N4O/c1-4-15-7-10(5-14-15)12(17)11-6-13-8-16(11)9(2)3/h5-9,12,17H,4H2,1-3H3. The summed E-state index contributed by atoms with van der Waals surface area (Å²) in [5.74, 6) is 0. The van der Waals surface area contributed by atoms with Crippen LogP contribution in [-0.2, 0) is 6.54 Å². The van der Waals surface area contributed by atoms with Gasteiger partial charge in [-0.1, -0.05) is 0 Å². The first kappa shape index (κ1) is 11.9. The number of hydrogen-bond donors (Lipinski definition) is 1. The molecular formula is C12H18N4O. The molecule has 0 aliphatic carbocycles. The molecule has 2 rings (SSSR count). The lowest BCUT2D eigenvalue weighted by Crippen LogP contribution is -2.09. The molecule has 0 aromatic carbocycles. The van der Waals surface area contributed by atoms with Crippen molar-refractivity contribution in [3.05, 3.63) is 36.2 Å². The Morgan fingerprint density at radius 1 is 1.35 bits per heavy atom. The van der Waals surface area contributed by atoms with E-state index in [1.807, 2.05) is 17.7 Å². The Morgan fingerprint density at radius 2 is 2.12 bits per heavy atom. The number of aliphatic hydroxyl groups excluding tert-OH is 1. The number of rotatable bonds is 4. The molecule has 17 heavy (non-hydrogen) atoms. The number of nitrogens with zero attached hydrogens (tertiary/aromatic N) is 4. The van der Waals surface area contributed by atoms with E-state index in [2.05, 4.69) is 23.9 Å². The molecule has 2 aromatic heterocycles. The lowest BCUT2D eigenvalue weighted by Gasteiger charge is -2.15. The van der Waals surface area contributed by atoms with Gasteiger partial charge in [0.05, 0.1) is 24.4 Å². The van der Waals surface area contributed by atoms with Crippen LogP contribution in [0.2, 0.25) is 0 Å². The van der Waals surface area contributed by atoms with E-state index < -0.39 is 6.10 Å². The summed E-state index contributed by atoms with van der Waals surface area (Å²) in [4.78, 5) is 4.09. The highest BCUT2D eigenvalue weighted by molar-refractivity contribution is 5.20. The van der Waals surface area contributed by atoms with Crippen LogP contribution in [0.1, 0.15) is 44.2 Å². The van der Waals surface area contributed by atoms with E-state index in [0.29, 0.717) is 0 Å². The van der Waals surface area contributed by atoms with E-state index in [0.717, 1.165) is 17.8 Å². The zero-order valence-corrected chi connectivity index (χ0v) is 10.4. The molecule has 2 aromatic rings. The average Bonchev–Trinajstić information content (AvgIpc) is 2.97. The Balaban J connectivity index is 2.30. The second kappa shape index (κ2) is 4.71. The molecule has 0 saturated carbocycles. The maximum atomic E-state index is 10.3. The fourth-order valence-electron chi connectivity index (χ4n) is 1.82. The van der Waals surface area contributed by atoms with Crippen molar-refractivity contribution in [2.75, 3.05) is 0 Å². The first-order valence-corrected chi connectivity index (χ1v) is 5.85. The monoisotopic (exact) mass is 234 g/mol. The minimum absolute atomic E-state index is 0.281. The smallest absolute Gasteiger partial charge is 0.124 e. The number of aryl methyl sites for hydroxylation is 1. The molecule has 2 heterocycles. The quantitative estimate of drug-likeness (QED) is 0.877. The predicted molar refractivity (Wildman–Crippen MR) is 64.6 cm³/mol. The summed E-state index contributed by atoms with van der Waals surface area (Å²) in [7, 11) is 0. The average molecular weight is 234 g/mol. The van der Waals surface area contributed by atoms with Crippen LogP contribution in [0.3, 0.4) is 0 Å². The molecule has 1 unspecified atom stereocenters. The highest BCUT2D eigenvalue weighted by Gasteiger charge is 2.17. The third-order valence-corrected chi connectivity index (χ3v) is 2.83. The second-order valence-corrected chi connectivity index (χ2v) is 4.35. The van der Waals surface area contributed by atoms with Gasteiger partial charge in [0.25, 0.3) is 0 Å². The molecule has 0 aliphatic heterocycles. The Bertz CT molecular complexity index is 486. The summed E-state index contributed by atoms with van der Waals surface area (Å²) in [6, 6.07) is 0.281. The summed E-state index contributed by atoms with van der Waals surface area (Å²) in [6.45, 7) is 6.94. The maximum absolute atomic E-state index is 10.3. The zero-order chi connectivity index (χ0) is 12.4. The summed E-state index contributed by atoms with van der Waals surface area (Å²) < 4.78 is 3.77. The molecule has 0 radical (unpaired) electrons. The van der Waals surface area contributed by atoms with Gasteiger partial charge in [0.2, 0.25) is 0 Å². The van der Waals surface area contributed by atoms with Gasteiger partial charge >= 0.3 is 0 Å². The van der Waals surface area contributed by atoms with Gasteiger partial charge in [0.1, 0.15) is 6.10 Å². The van der Waals surface area contributed by atoms with Crippen molar-refractivity contribution in [3.63, 3.8) is 0 Å². The highest BCUT2D eigenvalue weighted by atomic mass is 16.3. The summed E-state index contributed by atoms with van der Waals surface area (Å²) in [5, 5.41) is 14.5. The Hall–Kier alpha value is -1.62. The number of hydrogen-bond acceptors (Lipinski definition) is 3. The molecule has 0 saturated heterocycles. The molecule has 0 amide bonds. The Labute approximate surface area is 101 Å². The van der Waals surface area contributed by atoms with Gasteiger partial charge in [0, 0.05) is 24.3 Å². The third kappa shape index (κ3) is 2.24. The largest absolute Gasteiger partial charge is 0.382 e. The van der Waals surface area contributed by atoms with Crippen LogP contribution >= 0.6 is 0 Å². The molecule has 0 spiro atoms. The van der Waals surface area contributed by atoms with E-state index in [1.54, 1.807) is 23.4 Å². The van der Waals surface area contributed by atoms with Crippen molar-refractivity contribution < 1.29 is 5.11 Å². The van der Waals surface area contributed by atoms with Crippen LogP contribution in [0.25, 0.3) is 0 Å². The van der Waals surface area contributed by atoms with Crippen LogP contribution in [0.5, 0.6) is 0 Å². The van der Waals surface area contributed by atoms with Gasteiger partial charge in [-0.05, 0) is 20.8 Å². The molecule has 0 fully saturated rings. The number of imidazole rings is 1. The molecule has 5 heteroatoms. The first-order valence-electron chi connectivity index (χ1n) is 5.85. The lowest BCUT2D eigenvalue weighted by atomic mass is 10.1. The van der Waals surface area contributed by atoms with Crippen LogP contribution in [-0.4, -0.2) is 24.4 Å². The maximum Gasteiger partial charge on any atom is 0.124 e. The molecule has 92 valence electrons. The van der Waals surface area contributed by atoms with Crippen LogP contribution in [0.4, 0.5) is 0 Å². The van der Waals surface area contributed by atoms with Gasteiger partial charge in [0.15, 0.2) is 0 Å². The topological polar surface area (TPSA) is 55.9 Å². The Kier molecular flexibility index (Phi) is 3.28. The van der Waals surface area contributed by atoms with Crippen LogP contribution in [0, 0.1) is 0 Å². The molecule has 0 aliphatic rings. The first-order chi connectivity index (χ1) is 8.13. The summed E-state index contributed by atoms with van der Waals surface area (Å²) in [6.07, 6.45) is 6.34. The van der Waals surface area contributed by atoms with Crippen LogP contribution < -0.4 is 0 Å². The second-order valence-electron chi connectivity index (χ2n) is 4.35. The van der Waals surface area contributed by atoms with E-state index >= 15 is 0 Å². The van der Waals surface area contributed by atoms with Crippen molar-refractivity contribution in [2.45, 2.75) is 39.5 Å². The molecule has 0 bridgehead atoms.